The zero-order chi connectivity index (χ0) is 21.2. The van der Waals surface area contributed by atoms with E-state index in [0.717, 1.165) is 38.9 Å². The number of hydrogen-bond acceptors (Lipinski definition) is 5. The molecule has 1 saturated heterocycles. The van der Waals surface area contributed by atoms with Crippen LogP contribution >= 0.6 is 0 Å². The van der Waals surface area contributed by atoms with Crippen molar-refractivity contribution in [1.82, 2.24) is 5.43 Å². The number of carbonyl (C=O) groups excluding carboxylic acids is 2. The first-order valence-corrected chi connectivity index (χ1v) is 10.1. The van der Waals surface area contributed by atoms with Gasteiger partial charge in [-0.05, 0) is 45.2 Å². The van der Waals surface area contributed by atoms with E-state index in [4.69, 9.17) is 14.9 Å². The Balaban J connectivity index is 0.000000550. The fourth-order valence-corrected chi connectivity index (χ4v) is 2.37. The number of ether oxygens (including phenoxy) is 1. The van der Waals surface area contributed by atoms with Crippen LogP contribution in [0.25, 0.3) is 0 Å². The average Bonchev–Trinajstić information content (AvgIpc) is 3.00. The van der Waals surface area contributed by atoms with Crippen molar-refractivity contribution in [3.05, 3.63) is 30.3 Å². The van der Waals surface area contributed by atoms with Gasteiger partial charge in [0.2, 0.25) is 0 Å². The number of hydrazine groups is 1. The lowest BCUT2D eigenvalue weighted by molar-refractivity contribution is -0.127. The molecule has 1 atom stereocenters. The summed E-state index contributed by atoms with van der Waals surface area (Å²) in [6.07, 6.45) is 3.95. The first kappa shape index (κ1) is 26.0. The number of nitrogens with zero attached hydrogens (tertiary/aromatic N) is 1. The van der Waals surface area contributed by atoms with Crippen LogP contribution in [0.4, 0.5) is 5.69 Å². The molecule has 7 heteroatoms. The maximum absolute atomic E-state index is 12.1. The summed E-state index contributed by atoms with van der Waals surface area (Å²) >= 11 is 0. The smallest absolute Gasteiger partial charge is 0.258 e. The second-order valence-corrected chi connectivity index (χ2v) is 6.12. The Morgan fingerprint density at radius 2 is 1.54 bits per heavy atom. The zero-order valence-electron chi connectivity index (χ0n) is 17.4. The van der Waals surface area contributed by atoms with Gasteiger partial charge in [-0.1, -0.05) is 38.0 Å². The second kappa shape index (κ2) is 17.2. The van der Waals surface area contributed by atoms with Crippen molar-refractivity contribution in [2.75, 3.05) is 31.4 Å². The maximum Gasteiger partial charge on any atom is 0.258 e. The number of hydrogen-bond donors (Lipinski definition) is 3. The molecule has 1 aromatic carbocycles. The fourth-order valence-electron chi connectivity index (χ4n) is 2.37. The van der Waals surface area contributed by atoms with E-state index in [-0.39, 0.29) is 25.0 Å². The zero-order valence-corrected chi connectivity index (χ0v) is 17.4. The summed E-state index contributed by atoms with van der Waals surface area (Å²) in [5, 5.41) is 17.5. The molecule has 0 aliphatic carbocycles. The highest BCUT2D eigenvalue weighted by Gasteiger charge is 2.39. The number of aliphatic hydroxyl groups excluding tert-OH is 2. The van der Waals surface area contributed by atoms with E-state index >= 15 is 0 Å². The van der Waals surface area contributed by atoms with Crippen LogP contribution in [0.1, 0.15) is 52.9 Å². The number of aliphatic hydroxyl groups is 2. The number of para-hydroxylation sites is 1. The molecule has 1 aliphatic heterocycles. The molecular weight excluding hydrogens is 360 g/mol. The molecule has 1 fully saturated rings. The molecule has 0 bridgehead atoms. The predicted octanol–water partition coefficient (Wildman–Crippen LogP) is 2.66. The van der Waals surface area contributed by atoms with E-state index in [0.29, 0.717) is 12.1 Å². The van der Waals surface area contributed by atoms with Gasteiger partial charge in [-0.15, -0.1) is 0 Å². The maximum atomic E-state index is 12.1. The number of unbranched alkanes of at least 4 members (excludes halogenated alkanes) is 2. The van der Waals surface area contributed by atoms with Crippen LogP contribution in [-0.2, 0) is 14.3 Å². The molecule has 2 amide bonds. The number of rotatable bonds is 9. The number of anilines is 1. The summed E-state index contributed by atoms with van der Waals surface area (Å²) in [6.45, 7) is 8.10. The van der Waals surface area contributed by atoms with Gasteiger partial charge in [0.05, 0.1) is 5.69 Å². The summed E-state index contributed by atoms with van der Waals surface area (Å²) in [5.41, 5.74) is 3.34. The van der Waals surface area contributed by atoms with Gasteiger partial charge in [-0.2, -0.15) is 0 Å². The third-order valence-corrected chi connectivity index (χ3v) is 3.89. The summed E-state index contributed by atoms with van der Waals surface area (Å²) < 4.78 is 4.83. The highest BCUT2D eigenvalue weighted by Crippen LogP contribution is 2.22. The molecule has 28 heavy (non-hydrogen) atoms. The van der Waals surface area contributed by atoms with Gasteiger partial charge >= 0.3 is 0 Å². The molecule has 0 radical (unpaired) electrons. The van der Waals surface area contributed by atoms with E-state index in [2.05, 4.69) is 5.43 Å². The van der Waals surface area contributed by atoms with Crippen LogP contribution in [0.15, 0.2) is 30.3 Å². The van der Waals surface area contributed by atoms with Crippen LogP contribution < -0.4 is 10.4 Å². The van der Waals surface area contributed by atoms with Crippen molar-refractivity contribution < 1.29 is 24.5 Å². The Labute approximate surface area is 168 Å². The number of amides is 2. The third-order valence-electron chi connectivity index (χ3n) is 3.89. The van der Waals surface area contributed by atoms with Crippen molar-refractivity contribution in [2.24, 2.45) is 5.92 Å². The molecule has 0 aromatic heterocycles. The van der Waals surface area contributed by atoms with Gasteiger partial charge in [0, 0.05) is 26.4 Å². The fraction of sp³-hybridized carbons (Fsp3) is 0.619. The molecule has 0 spiro atoms. The lowest BCUT2D eigenvalue weighted by Crippen LogP contribution is -2.35. The minimum absolute atomic E-state index is 0.144. The lowest BCUT2D eigenvalue weighted by Gasteiger charge is -2.14. The highest BCUT2D eigenvalue weighted by molar-refractivity contribution is 6.14. The Kier molecular flexibility index (Phi) is 16.0. The third kappa shape index (κ3) is 10.4. The van der Waals surface area contributed by atoms with Gasteiger partial charge in [0.25, 0.3) is 11.8 Å². The van der Waals surface area contributed by atoms with Gasteiger partial charge in [0.15, 0.2) is 0 Å². The Morgan fingerprint density at radius 1 is 0.964 bits per heavy atom. The van der Waals surface area contributed by atoms with Crippen molar-refractivity contribution >= 4 is 17.5 Å². The standard InChI is InChI=1S/C13H16N2O2.C4H10O2.C4H10O/c1-2-3-9-11-12(16)14-15(13(11)17)10-7-5-4-6-8-10;5-3-1-2-4-6;1-3-5-4-2/h4-8,11H,2-3,9H2,1H3,(H,14,16);5-6H,1-4H2;3-4H2,1-2H3. The monoisotopic (exact) mass is 396 g/mol. The van der Waals surface area contributed by atoms with Gasteiger partial charge in [-0.25, -0.2) is 5.01 Å². The number of carbonyl (C=O) groups is 2. The minimum Gasteiger partial charge on any atom is -0.396 e. The van der Waals surface area contributed by atoms with E-state index < -0.39 is 5.92 Å². The first-order valence-electron chi connectivity index (χ1n) is 10.1. The average molecular weight is 397 g/mol. The van der Waals surface area contributed by atoms with Gasteiger partial charge in [-0.3, -0.25) is 15.0 Å². The topological polar surface area (TPSA) is 99.1 Å². The molecule has 2 rings (SSSR count). The minimum atomic E-state index is -0.518. The van der Waals surface area contributed by atoms with E-state index in [9.17, 15) is 9.59 Å². The number of benzene rings is 1. The van der Waals surface area contributed by atoms with Gasteiger partial charge in [0.1, 0.15) is 5.92 Å². The Bertz CT molecular complexity index is 519. The Hall–Kier alpha value is -1.96. The van der Waals surface area contributed by atoms with E-state index in [1.807, 2.05) is 39.0 Å². The molecule has 1 aromatic rings. The largest absolute Gasteiger partial charge is 0.396 e. The molecule has 3 N–H and O–H groups in total. The molecule has 7 nitrogen and oxygen atoms in total. The van der Waals surface area contributed by atoms with Crippen molar-refractivity contribution in [2.45, 2.75) is 52.9 Å². The summed E-state index contributed by atoms with van der Waals surface area (Å²) in [4.78, 5) is 23.8. The van der Waals surface area contributed by atoms with Crippen LogP contribution in [0.2, 0.25) is 0 Å². The molecule has 1 aliphatic rings. The summed E-state index contributed by atoms with van der Waals surface area (Å²) in [6, 6.07) is 9.17. The normalized spacial score (nSPS) is 15.3. The molecule has 160 valence electrons. The molecular formula is C21H36N2O5. The highest BCUT2D eigenvalue weighted by atomic mass is 16.5. The first-order chi connectivity index (χ1) is 13.6. The van der Waals surface area contributed by atoms with Crippen LogP contribution in [0, 0.1) is 5.92 Å². The van der Waals surface area contributed by atoms with Crippen molar-refractivity contribution in [3.63, 3.8) is 0 Å². The lowest BCUT2D eigenvalue weighted by atomic mass is 10.0. The van der Waals surface area contributed by atoms with Gasteiger partial charge < -0.3 is 14.9 Å². The van der Waals surface area contributed by atoms with E-state index in [1.54, 1.807) is 12.1 Å². The summed E-state index contributed by atoms with van der Waals surface area (Å²) in [7, 11) is 0. The van der Waals surface area contributed by atoms with Crippen molar-refractivity contribution in [3.8, 4) is 0 Å². The summed E-state index contributed by atoms with van der Waals surface area (Å²) in [5.74, 6) is -0.850. The number of nitrogens with one attached hydrogen (secondary N) is 1. The molecule has 0 saturated carbocycles. The SMILES string of the molecule is CCCCC1C(=O)NN(c2ccccc2)C1=O.CCOCC.OCCCCO. The van der Waals surface area contributed by atoms with Crippen molar-refractivity contribution in [1.29, 1.82) is 0 Å². The Morgan fingerprint density at radius 3 is 1.96 bits per heavy atom. The second-order valence-electron chi connectivity index (χ2n) is 6.12. The van der Waals surface area contributed by atoms with Crippen LogP contribution in [0.5, 0.6) is 0 Å². The molecule has 1 heterocycles. The van der Waals surface area contributed by atoms with Crippen LogP contribution in [0.3, 0.4) is 0 Å². The molecule has 1 unspecified atom stereocenters. The van der Waals surface area contributed by atoms with E-state index in [1.165, 1.54) is 5.01 Å². The quantitative estimate of drug-likeness (QED) is 0.440. The van der Waals surface area contributed by atoms with Crippen LogP contribution in [-0.4, -0.2) is 48.5 Å². The predicted molar refractivity (Wildman–Crippen MR) is 111 cm³/mol.